The van der Waals surface area contributed by atoms with E-state index in [-0.39, 0.29) is 5.78 Å². The van der Waals surface area contributed by atoms with Crippen LogP contribution in [0.25, 0.3) is 33.9 Å². The minimum absolute atomic E-state index is 0.101. The standard InChI is InChI=1S/C27H26N2O/c1-5-20-17-23(14-15-24(20)19(3)30)27-28-25(22-13-9-10-18(2)16-22)26(29(27)4)21-11-7-6-8-12-21/h6-17H,5H2,1-4H3. The molecule has 0 aliphatic rings. The van der Waals surface area contributed by atoms with Crippen molar-refractivity contribution in [1.82, 2.24) is 9.55 Å². The van der Waals surface area contributed by atoms with Gasteiger partial charge in [0.05, 0.1) is 11.4 Å². The minimum Gasteiger partial charge on any atom is -0.327 e. The average molecular weight is 395 g/mol. The van der Waals surface area contributed by atoms with Crippen LogP contribution in [0.15, 0.2) is 72.8 Å². The highest BCUT2D eigenvalue weighted by Crippen LogP contribution is 2.36. The predicted octanol–water partition coefficient (Wildman–Crippen LogP) is 6.49. The molecule has 0 spiro atoms. The molecule has 3 nitrogen and oxygen atoms in total. The van der Waals surface area contributed by atoms with Crippen LogP contribution in [0.3, 0.4) is 0 Å². The molecule has 0 N–H and O–H groups in total. The van der Waals surface area contributed by atoms with Crippen LogP contribution >= 0.6 is 0 Å². The van der Waals surface area contributed by atoms with Crippen molar-refractivity contribution in [3.63, 3.8) is 0 Å². The molecule has 3 aromatic carbocycles. The first kappa shape index (κ1) is 19.8. The molecular weight excluding hydrogens is 368 g/mol. The molecule has 0 fully saturated rings. The number of rotatable bonds is 5. The fourth-order valence-electron chi connectivity index (χ4n) is 4.05. The van der Waals surface area contributed by atoms with Gasteiger partial charge in [0.15, 0.2) is 5.78 Å². The van der Waals surface area contributed by atoms with Crippen LogP contribution in [-0.4, -0.2) is 15.3 Å². The van der Waals surface area contributed by atoms with Crippen LogP contribution in [0.5, 0.6) is 0 Å². The van der Waals surface area contributed by atoms with Crippen LogP contribution < -0.4 is 0 Å². The Labute approximate surface area is 178 Å². The van der Waals surface area contributed by atoms with Crippen molar-refractivity contribution in [2.24, 2.45) is 7.05 Å². The highest BCUT2D eigenvalue weighted by atomic mass is 16.1. The van der Waals surface area contributed by atoms with E-state index < -0.39 is 0 Å². The summed E-state index contributed by atoms with van der Waals surface area (Å²) in [5.74, 6) is 0.999. The summed E-state index contributed by atoms with van der Waals surface area (Å²) in [5, 5.41) is 0. The average Bonchev–Trinajstić information content (AvgIpc) is 3.11. The van der Waals surface area contributed by atoms with Gasteiger partial charge in [0.25, 0.3) is 0 Å². The maximum Gasteiger partial charge on any atom is 0.160 e. The number of nitrogens with zero attached hydrogens (tertiary/aromatic N) is 2. The number of hydrogen-bond donors (Lipinski definition) is 0. The molecule has 0 bridgehead atoms. The van der Waals surface area contributed by atoms with Crippen molar-refractivity contribution in [3.05, 3.63) is 89.5 Å². The van der Waals surface area contributed by atoms with Crippen molar-refractivity contribution in [2.45, 2.75) is 27.2 Å². The third kappa shape index (κ3) is 3.59. The highest BCUT2D eigenvalue weighted by Gasteiger charge is 2.20. The molecule has 150 valence electrons. The molecular formula is C27H26N2O. The van der Waals surface area contributed by atoms with Gasteiger partial charge in [-0.15, -0.1) is 0 Å². The van der Waals surface area contributed by atoms with Crippen molar-refractivity contribution in [3.8, 4) is 33.9 Å². The van der Waals surface area contributed by atoms with Crippen LogP contribution in [0, 0.1) is 6.92 Å². The van der Waals surface area contributed by atoms with E-state index in [0.717, 1.165) is 51.5 Å². The lowest BCUT2D eigenvalue weighted by molar-refractivity contribution is 0.101. The Kier molecular flexibility index (Phi) is 5.37. The summed E-state index contributed by atoms with van der Waals surface area (Å²) in [7, 11) is 2.06. The molecule has 0 atom stereocenters. The van der Waals surface area contributed by atoms with Crippen LogP contribution in [0.2, 0.25) is 0 Å². The molecule has 3 heteroatoms. The molecule has 0 amide bonds. The van der Waals surface area contributed by atoms with Gasteiger partial charge in [0.1, 0.15) is 5.82 Å². The molecule has 0 saturated carbocycles. The van der Waals surface area contributed by atoms with Gasteiger partial charge in [-0.1, -0.05) is 73.2 Å². The zero-order valence-corrected chi connectivity index (χ0v) is 17.9. The molecule has 1 heterocycles. The van der Waals surface area contributed by atoms with Gasteiger partial charge in [-0.3, -0.25) is 4.79 Å². The second-order valence-corrected chi connectivity index (χ2v) is 7.71. The first-order valence-electron chi connectivity index (χ1n) is 10.3. The smallest absolute Gasteiger partial charge is 0.160 e. The molecule has 30 heavy (non-hydrogen) atoms. The number of ketones is 1. The summed E-state index contributed by atoms with van der Waals surface area (Å²) in [4.78, 5) is 17.1. The topological polar surface area (TPSA) is 34.9 Å². The van der Waals surface area contributed by atoms with Crippen molar-refractivity contribution in [2.75, 3.05) is 0 Å². The lowest BCUT2D eigenvalue weighted by Gasteiger charge is -2.10. The van der Waals surface area contributed by atoms with Gasteiger partial charge in [0, 0.05) is 29.3 Å². The lowest BCUT2D eigenvalue weighted by atomic mass is 9.99. The summed E-state index contributed by atoms with van der Waals surface area (Å²) in [5.41, 5.74) is 8.37. The van der Waals surface area contributed by atoms with E-state index >= 15 is 0 Å². The molecule has 0 saturated heterocycles. The summed E-state index contributed by atoms with van der Waals surface area (Å²) >= 11 is 0. The molecule has 4 aromatic rings. The first-order chi connectivity index (χ1) is 14.5. The Morgan fingerprint density at radius 2 is 1.63 bits per heavy atom. The fraction of sp³-hybridized carbons (Fsp3) is 0.185. The van der Waals surface area contributed by atoms with Crippen LogP contribution in [0.1, 0.15) is 35.3 Å². The number of hydrogen-bond acceptors (Lipinski definition) is 2. The maximum atomic E-state index is 12.0. The monoisotopic (exact) mass is 394 g/mol. The first-order valence-corrected chi connectivity index (χ1v) is 10.3. The Morgan fingerprint density at radius 1 is 0.900 bits per heavy atom. The molecule has 4 rings (SSSR count). The highest BCUT2D eigenvalue weighted by molar-refractivity contribution is 5.96. The SMILES string of the molecule is CCc1cc(-c2nc(-c3cccc(C)c3)c(-c3ccccc3)n2C)ccc1C(C)=O. The predicted molar refractivity (Wildman–Crippen MR) is 124 cm³/mol. The Hall–Kier alpha value is -3.46. The maximum absolute atomic E-state index is 12.0. The lowest BCUT2D eigenvalue weighted by Crippen LogP contribution is -2.01. The second-order valence-electron chi connectivity index (χ2n) is 7.71. The number of imidazole rings is 1. The number of aryl methyl sites for hydroxylation is 2. The van der Waals surface area contributed by atoms with E-state index in [2.05, 4.69) is 80.1 Å². The summed E-state index contributed by atoms with van der Waals surface area (Å²) in [6.07, 6.45) is 0.809. The van der Waals surface area contributed by atoms with E-state index in [9.17, 15) is 4.79 Å². The van der Waals surface area contributed by atoms with Crippen molar-refractivity contribution < 1.29 is 4.79 Å². The largest absolute Gasteiger partial charge is 0.327 e. The quantitative estimate of drug-likeness (QED) is 0.362. The van der Waals surface area contributed by atoms with E-state index in [0.29, 0.717) is 0 Å². The van der Waals surface area contributed by atoms with Crippen LogP contribution in [-0.2, 0) is 13.5 Å². The molecule has 0 aliphatic carbocycles. The third-order valence-electron chi connectivity index (χ3n) is 5.56. The Bertz CT molecular complexity index is 1220. The van der Waals surface area contributed by atoms with E-state index in [1.54, 1.807) is 6.92 Å². The third-order valence-corrected chi connectivity index (χ3v) is 5.56. The molecule has 0 radical (unpaired) electrons. The normalized spacial score (nSPS) is 10.9. The molecule has 0 aliphatic heterocycles. The minimum atomic E-state index is 0.101. The van der Waals surface area contributed by atoms with Crippen LogP contribution in [0.4, 0.5) is 0 Å². The number of carbonyl (C=O) groups excluding carboxylic acids is 1. The zero-order valence-electron chi connectivity index (χ0n) is 17.9. The Morgan fingerprint density at radius 3 is 2.30 bits per heavy atom. The van der Waals surface area contributed by atoms with E-state index in [1.807, 2.05) is 18.2 Å². The van der Waals surface area contributed by atoms with Gasteiger partial charge >= 0.3 is 0 Å². The van der Waals surface area contributed by atoms with Gasteiger partial charge in [-0.25, -0.2) is 4.98 Å². The Balaban J connectivity index is 1.96. The van der Waals surface area contributed by atoms with E-state index in [4.69, 9.17) is 4.98 Å². The summed E-state index contributed by atoms with van der Waals surface area (Å²) in [6.45, 7) is 5.80. The van der Waals surface area contributed by atoms with Gasteiger partial charge in [0.2, 0.25) is 0 Å². The van der Waals surface area contributed by atoms with E-state index in [1.165, 1.54) is 5.56 Å². The summed E-state index contributed by atoms with van der Waals surface area (Å²) in [6, 6.07) is 24.9. The number of aromatic nitrogens is 2. The number of Topliss-reactive ketones (excluding diaryl/α,β-unsaturated/α-hetero) is 1. The number of carbonyl (C=O) groups is 1. The van der Waals surface area contributed by atoms with Gasteiger partial charge in [-0.05, 0) is 38.0 Å². The number of benzene rings is 3. The zero-order chi connectivity index (χ0) is 21.3. The fourth-order valence-corrected chi connectivity index (χ4v) is 4.05. The van der Waals surface area contributed by atoms with Crippen molar-refractivity contribution in [1.29, 1.82) is 0 Å². The van der Waals surface area contributed by atoms with Gasteiger partial charge < -0.3 is 4.57 Å². The molecule has 0 unspecified atom stereocenters. The van der Waals surface area contributed by atoms with Crippen molar-refractivity contribution >= 4 is 5.78 Å². The molecule has 1 aromatic heterocycles. The van der Waals surface area contributed by atoms with Gasteiger partial charge in [-0.2, -0.15) is 0 Å². The summed E-state index contributed by atoms with van der Waals surface area (Å²) < 4.78 is 2.16. The second kappa shape index (κ2) is 8.11.